The normalized spacial score (nSPS) is 25.2. The van der Waals surface area contributed by atoms with Crippen molar-refractivity contribution >= 4 is 23.5 Å². The van der Waals surface area contributed by atoms with Crippen molar-refractivity contribution in [1.29, 1.82) is 0 Å². The van der Waals surface area contributed by atoms with Crippen molar-refractivity contribution in [2.75, 3.05) is 44.8 Å². The van der Waals surface area contributed by atoms with Gasteiger partial charge in [-0.15, -0.1) is 0 Å². The van der Waals surface area contributed by atoms with Gasteiger partial charge in [0, 0.05) is 32.4 Å². The molecule has 2 saturated heterocycles. The minimum atomic E-state index is -0.848. The Bertz CT molecular complexity index is 948. The van der Waals surface area contributed by atoms with Crippen LogP contribution in [0.5, 0.6) is 0 Å². The fourth-order valence-electron chi connectivity index (χ4n) is 5.70. The van der Waals surface area contributed by atoms with E-state index in [1.54, 1.807) is 11.9 Å². The van der Waals surface area contributed by atoms with E-state index in [0.29, 0.717) is 38.5 Å². The van der Waals surface area contributed by atoms with Gasteiger partial charge in [-0.3, -0.25) is 14.5 Å². The quantitative estimate of drug-likeness (QED) is 0.600. The predicted molar refractivity (Wildman–Crippen MR) is 135 cm³/mol. The summed E-state index contributed by atoms with van der Waals surface area (Å²) in [4.78, 5) is 44.2. The van der Waals surface area contributed by atoms with Gasteiger partial charge in [-0.1, -0.05) is 45.4 Å². The molecular weight excluding hydrogens is 444 g/mol. The summed E-state index contributed by atoms with van der Waals surface area (Å²) in [6.07, 6.45) is 4.19. The number of benzene rings is 1. The second kappa shape index (κ2) is 10.2. The number of hydrogen-bond donors (Lipinski definition) is 1. The molecule has 35 heavy (non-hydrogen) atoms. The van der Waals surface area contributed by atoms with Crippen molar-refractivity contribution in [1.82, 2.24) is 15.1 Å². The number of rotatable bonds is 7. The van der Waals surface area contributed by atoms with Crippen LogP contribution >= 0.6 is 0 Å². The van der Waals surface area contributed by atoms with Gasteiger partial charge in [0.2, 0.25) is 5.91 Å². The van der Waals surface area contributed by atoms with Gasteiger partial charge in [0.1, 0.15) is 12.1 Å². The van der Waals surface area contributed by atoms with Crippen LogP contribution in [0.25, 0.3) is 0 Å². The van der Waals surface area contributed by atoms with Crippen LogP contribution < -0.4 is 10.2 Å². The highest BCUT2D eigenvalue weighted by molar-refractivity contribution is 6.09. The van der Waals surface area contributed by atoms with Crippen LogP contribution in [-0.4, -0.2) is 73.1 Å². The van der Waals surface area contributed by atoms with Crippen molar-refractivity contribution in [3.8, 4) is 0 Å². The van der Waals surface area contributed by atoms with E-state index < -0.39 is 11.6 Å². The molecule has 3 fully saturated rings. The van der Waals surface area contributed by atoms with Crippen molar-refractivity contribution in [3.63, 3.8) is 0 Å². The molecular formula is C27H40N4O4. The zero-order chi connectivity index (χ0) is 25.2. The summed E-state index contributed by atoms with van der Waals surface area (Å²) in [6.45, 7) is 9.95. The Labute approximate surface area is 209 Å². The van der Waals surface area contributed by atoms with Gasteiger partial charge in [0.05, 0.1) is 13.2 Å². The zero-order valence-corrected chi connectivity index (χ0v) is 21.6. The largest absolute Gasteiger partial charge is 0.378 e. The Morgan fingerprint density at radius 1 is 1.17 bits per heavy atom. The number of imide groups is 1. The second-order valence-electron chi connectivity index (χ2n) is 11.0. The molecule has 1 N–H and O–H groups in total. The summed E-state index contributed by atoms with van der Waals surface area (Å²) >= 11 is 0. The molecule has 0 unspecified atom stereocenters. The minimum absolute atomic E-state index is 0.225. The Hall–Kier alpha value is -2.61. The van der Waals surface area contributed by atoms with Crippen molar-refractivity contribution in [2.24, 2.45) is 11.3 Å². The average molecular weight is 485 g/mol. The first-order chi connectivity index (χ1) is 16.7. The molecule has 0 bridgehead atoms. The highest BCUT2D eigenvalue weighted by Gasteiger charge is 2.53. The van der Waals surface area contributed by atoms with Gasteiger partial charge in [-0.25, -0.2) is 4.79 Å². The topological polar surface area (TPSA) is 82.2 Å². The van der Waals surface area contributed by atoms with E-state index in [1.807, 2.05) is 18.2 Å². The first-order valence-electron chi connectivity index (χ1n) is 13.0. The Morgan fingerprint density at radius 3 is 2.49 bits per heavy atom. The maximum atomic E-state index is 13.3. The second-order valence-corrected chi connectivity index (χ2v) is 11.0. The smallest absolute Gasteiger partial charge is 0.325 e. The van der Waals surface area contributed by atoms with E-state index in [1.165, 1.54) is 0 Å². The molecule has 3 aliphatic rings. The fourth-order valence-corrected chi connectivity index (χ4v) is 5.70. The summed E-state index contributed by atoms with van der Waals surface area (Å²) in [5.41, 5.74) is 1.51. The van der Waals surface area contributed by atoms with E-state index >= 15 is 0 Å². The Balaban J connectivity index is 1.38. The van der Waals surface area contributed by atoms with Gasteiger partial charge in [0.15, 0.2) is 0 Å². The van der Waals surface area contributed by atoms with Crippen molar-refractivity contribution in [3.05, 3.63) is 29.8 Å². The molecule has 0 radical (unpaired) electrons. The third kappa shape index (κ3) is 5.17. The lowest BCUT2D eigenvalue weighted by Crippen LogP contribution is -2.51. The highest BCUT2D eigenvalue weighted by atomic mass is 16.5. The van der Waals surface area contributed by atoms with E-state index in [4.69, 9.17) is 4.74 Å². The zero-order valence-electron chi connectivity index (χ0n) is 21.6. The maximum Gasteiger partial charge on any atom is 0.325 e. The van der Waals surface area contributed by atoms with E-state index in [2.05, 4.69) is 37.1 Å². The van der Waals surface area contributed by atoms with Crippen LogP contribution in [0.4, 0.5) is 10.5 Å². The fraction of sp³-hybridized carbons (Fsp3) is 0.667. The van der Waals surface area contributed by atoms with E-state index in [9.17, 15) is 14.4 Å². The van der Waals surface area contributed by atoms with Crippen molar-refractivity contribution < 1.29 is 19.1 Å². The summed E-state index contributed by atoms with van der Waals surface area (Å²) in [5, 5.41) is 2.95. The average Bonchev–Trinajstić information content (AvgIpc) is 3.08. The number of amides is 4. The third-order valence-electron chi connectivity index (χ3n) is 8.57. The van der Waals surface area contributed by atoms with Gasteiger partial charge in [-0.05, 0) is 48.6 Å². The van der Waals surface area contributed by atoms with Crippen LogP contribution in [0, 0.1) is 11.3 Å². The molecule has 1 aromatic carbocycles. The number of nitrogens with one attached hydrogen (secondary N) is 1. The molecule has 2 heterocycles. The summed E-state index contributed by atoms with van der Waals surface area (Å²) in [7, 11) is 1.73. The first-order valence-corrected chi connectivity index (χ1v) is 13.0. The number of anilines is 1. The summed E-state index contributed by atoms with van der Waals surface area (Å²) in [6, 6.07) is 7.61. The molecule has 2 aliphatic heterocycles. The molecule has 4 rings (SSSR count). The molecule has 1 aliphatic carbocycles. The van der Waals surface area contributed by atoms with Crippen LogP contribution in [-0.2, 0) is 20.9 Å². The number of likely N-dealkylation sites (N-methyl/N-ethyl adjacent to an activating group) is 1. The highest BCUT2D eigenvalue weighted by Crippen LogP contribution is 2.45. The predicted octanol–water partition coefficient (Wildman–Crippen LogP) is 3.40. The Kier molecular flexibility index (Phi) is 7.40. The van der Waals surface area contributed by atoms with Crippen LogP contribution in [0.2, 0.25) is 0 Å². The number of morpholine rings is 1. The molecule has 8 heteroatoms. The maximum absolute atomic E-state index is 13.3. The molecule has 1 aromatic rings. The standard InChI is InChI=1S/C27H40N4O4/c1-5-26(2,3)21-10-12-27(13-11-21)24(33)31(25(34)28-27)19-23(32)29(4)18-20-8-6-7-9-22(20)30-14-16-35-17-15-30/h6-9,21H,5,10-19H2,1-4H3,(H,28,34). The molecule has 8 nitrogen and oxygen atoms in total. The van der Waals surface area contributed by atoms with Crippen molar-refractivity contribution in [2.45, 2.75) is 65.0 Å². The number of hydrogen-bond acceptors (Lipinski definition) is 5. The van der Waals surface area contributed by atoms with E-state index in [-0.39, 0.29) is 23.8 Å². The minimum Gasteiger partial charge on any atom is -0.378 e. The van der Waals surface area contributed by atoms with E-state index in [0.717, 1.165) is 48.5 Å². The van der Waals surface area contributed by atoms with Crippen LogP contribution in [0.3, 0.4) is 0 Å². The number of carbonyl (C=O) groups excluding carboxylic acids is 3. The first kappa shape index (κ1) is 25.5. The van der Waals surface area contributed by atoms with Crippen LogP contribution in [0.1, 0.15) is 58.4 Å². The summed E-state index contributed by atoms with van der Waals surface area (Å²) in [5.74, 6) is 0.0463. The monoisotopic (exact) mass is 484 g/mol. The molecule has 0 atom stereocenters. The molecule has 4 amide bonds. The number of carbonyl (C=O) groups is 3. The molecule has 1 spiro atoms. The van der Waals surface area contributed by atoms with Crippen LogP contribution in [0.15, 0.2) is 24.3 Å². The van der Waals surface area contributed by atoms with Gasteiger partial charge < -0.3 is 19.9 Å². The number of para-hydroxylation sites is 1. The number of nitrogens with zero attached hydrogens (tertiary/aromatic N) is 3. The van der Waals surface area contributed by atoms with Gasteiger partial charge in [-0.2, -0.15) is 0 Å². The number of ether oxygens (including phenoxy) is 1. The summed E-state index contributed by atoms with van der Waals surface area (Å²) < 4.78 is 5.47. The SMILES string of the molecule is CCC(C)(C)C1CCC2(CC1)NC(=O)N(CC(=O)N(C)Cc1ccccc1N1CCOCC1)C2=O. The van der Waals surface area contributed by atoms with Gasteiger partial charge in [0.25, 0.3) is 5.91 Å². The molecule has 1 saturated carbocycles. The number of urea groups is 1. The Morgan fingerprint density at radius 2 is 1.83 bits per heavy atom. The molecule has 192 valence electrons. The lowest BCUT2D eigenvalue weighted by Gasteiger charge is -2.42. The van der Waals surface area contributed by atoms with Gasteiger partial charge >= 0.3 is 6.03 Å². The lowest BCUT2D eigenvalue weighted by atomic mass is 9.65. The molecule has 0 aromatic heterocycles. The third-order valence-corrected chi connectivity index (χ3v) is 8.57. The lowest BCUT2D eigenvalue weighted by molar-refractivity contribution is -0.139.